The molecule has 1 aliphatic rings. The van der Waals surface area contributed by atoms with E-state index in [4.69, 9.17) is 14.2 Å². The highest BCUT2D eigenvalue weighted by Crippen LogP contribution is 2.43. The van der Waals surface area contributed by atoms with Crippen molar-refractivity contribution < 1.29 is 19.0 Å². The topological polar surface area (TPSA) is 74.6 Å². The lowest BCUT2D eigenvalue weighted by Crippen LogP contribution is -2.28. The number of hydrogen-bond donors (Lipinski definition) is 1. The second kappa shape index (κ2) is 6.92. The van der Waals surface area contributed by atoms with Gasteiger partial charge in [0.2, 0.25) is 5.95 Å². The molecular formula is C21H21N3O4. The van der Waals surface area contributed by atoms with Crippen LogP contribution in [0.5, 0.6) is 11.5 Å². The molecule has 7 nitrogen and oxygen atoms in total. The van der Waals surface area contributed by atoms with Gasteiger partial charge in [0.1, 0.15) is 11.5 Å². The van der Waals surface area contributed by atoms with Gasteiger partial charge in [-0.15, -0.1) is 0 Å². The molecule has 0 saturated carbocycles. The Morgan fingerprint density at radius 3 is 2.61 bits per heavy atom. The number of ether oxygens (including phenoxy) is 3. The summed E-state index contributed by atoms with van der Waals surface area (Å²) in [6, 6.07) is 12.9. The number of para-hydroxylation sites is 2. The summed E-state index contributed by atoms with van der Waals surface area (Å²) in [6.07, 6.45) is 0. The average molecular weight is 379 g/mol. The fourth-order valence-corrected chi connectivity index (χ4v) is 3.68. The molecule has 1 atom stereocenters. The molecule has 0 radical (unpaired) electrons. The van der Waals surface area contributed by atoms with E-state index in [0.29, 0.717) is 28.7 Å². The molecule has 0 bridgehead atoms. The van der Waals surface area contributed by atoms with Crippen molar-refractivity contribution in [3.63, 3.8) is 0 Å². The van der Waals surface area contributed by atoms with E-state index in [9.17, 15) is 4.79 Å². The van der Waals surface area contributed by atoms with Gasteiger partial charge in [0.15, 0.2) is 0 Å². The molecule has 1 unspecified atom stereocenters. The monoisotopic (exact) mass is 379 g/mol. The molecule has 0 fully saturated rings. The van der Waals surface area contributed by atoms with Crippen LogP contribution in [-0.2, 0) is 9.53 Å². The molecule has 3 aromatic rings. The maximum atomic E-state index is 12.7. The molecular weight excluding hydrogens is 358 g/mol. The van der Waals surface area contributed by atoms with Crippen LogP contribution in [0.2, 0.25) is 0 Å². The zero-order valence-electron chi connectivity index (χ0n) is 16.1. The summed E-state index contributed by atoms with van der Waals surface area (Å²) >= 11 is 0. The molecule has 1 N–H and O–H groups in total. The molecule has 1 aromatic heterocycles. The van der Waals surface area contributed by atoms with E-state index >= 15 is 0 Å². The van der Waals surface area contributed by atoms with Crippen LogP contribution in [0.15, 0.2) is 53.7 Å². The van der Waals surface area contributed by atoms with Crippen molar-refractivity contribution >= 4 is 23.0 Å². The number of rotatable bonds is 4. The highest BCUT2D eigenvalue weighted by Gasteiger charge is 2.36. The average Bonchev–Trinajstić information content (AvgIpc) is 3.09. The zero-order chi connectivity index (χ0) is 19.8. The molecule has 0 amide bonds. The number of nitrogens with one attached hydrogen (secondary N) is 1. The number of fused-ring (bicyclic) bond motifs is 3. The van der Waals surface area contributed by atoms with Crippen LogP contribution in [0, 0.1) is 0 Å². The van der Waals surface area contributed by atoms with Crippen LogP contribution >= 0.6 is 0 Å². The van der Waals surface area contributed by atoms with E-state index in [2.05, 4.69) is 10.3 Å². The van der Waals surface area contributed by atoms with Crippen molar-refractivity contribution in [2.45, 2.75) is 13.0 Å². The van der Waals surface area contributed by atoms with Gasteiger partial charge >= 0.3 is 5.97 Å². The Hall–Kier alpha value is -3.48. The number of methoxy groups -OCH3 is 3. The summed E-state index contributed by atoms with van der Waals surface area (Å²) in [7, 11) is 4.58. The predicted octanol–water partition coefficient (Wildman–Crippen LogP) is 3.52. The van der Waals surface area contributed by atoms with Crippen molar-refractivity contribution in [1.29, 1.82) is 0 Å². The van der Waals surface area contributed by atoms with Crippen molar-refractivity contribution in [3.05, 3.63) is 59.3 Å². The summed E-state index contributed by atoms with van der Waals surface area (Å²) in [6.45, 7) is 1.85. The highest BCUT2D eigenvalue weighted by molar-refractivity contribution is 5.94. The van der Waals surface area contributed by atoms with Gasteiger partial charge < -0.3 is 19.5 Å². The Morgan fingerprint density at radius 1 is 1.11 bits per heavy atom. The fourth-order valence-electron chi connectivity index (χ4n) is 3.68. The normalized spacial score (nSPS) is 15.8. The van der Waals surface area contributed by atoms with Gasteiger partial charge in [-0.3, -0.25) is 4.57 Å². The molecule has 0 spiro atoms. The van der Waals surface area contributed by atoms with Crippen LogP contribution in [0.3, 0.4) is 0 Å². The molecule has 7 heteroatoms. The minimum absolute atomic E-state index is 0.406. The number of carbonyl (C=O) groups excluding carboxylic acids is 1. The van der Waals surface area contributed by atoms with Crippen LogP contribution in [0.1, 0.15) is 18.5 Å². The van der Waals surface area contributed by atoms with Gasteiger partial charge in [-0.25, -0.2) is 9.78 Å². The summed E-state index contributed by atoms with van der Waals surface area (Å²) in [5.41, 5.74) is 3.75. The summed E-state index contributed by atoms with van der Waals surface area (Å²) in [4.78, 5) is 17.4. The SMILES string of the molecule is COC(=O)C1=C(C)Nc2nc3ccccc3n2C1c1ccc(OC)cc1OC. The van der Waals surface area contributed by atoms with Crippen molar-refractivity contribution in [3.8, 4) is 11.5 Å². The minimum Gasteiger partial charge on any atom is -0.497 e. The van der Waals surface area contributed by atoms with Gasteiger partial charge in [0, 0.05) is 17.3 Å². The van der Waals surface area contributed by atoms with E-state index in [1.165, 1.54) is 7.11 Å². The number of allylic oxidation sites excluding steroid dienone is 1. The third-order valence-electron chi connectivity index (χ3n) is 4.97. The smallest absolute Gasteiger partial charge is 0.337 e. The lowest BCUT2D eigenvalue weighted by molar-refractivity contribution is -0.136. The van der Waals surface area contributed by atoms with Crippen LogP contribution in [0.25, 0.3) is 11.0 Å². The highest BCUT2D eigenvalue weighted by atomic mass is 16.5. The summed E-state index contributed by atoms with van der Waals surface area (Å²) < 4.78 is 18.1. The molecule has 0 saturated heterocycles. The zero-order valence-corrected chi connectivity index (χ0v) is 16.1. The first-order chi connectivity index (χ1) is 13.6. The summed E-state index contributed by atoms with van der Waals surface area (Å²) in [5, 5.41) is 3.24. The number of benzene rings is 2. The van der Waals surface area contributed by atoms with Crippen LogP contribution in [-0.4, -0.2) is 36.8 Å². The number of esters is 1. The number of imidazole rings is 1. The Morgan fingerprint density at radius 2 is 1.89 bits per heavy atom. The third kappa shape index (κ3) is 2.67. The molecule has 144 valence electrons. The van der Waals surface area contributed by atoms with Gasteiger partial charge in [0.25, 0.3) is 0 Å². The molecule has 28 heavy (non-hydrogen) atoms. The number of hydrogen-bond acceptors (Lipinski definition) is 6. The number of anilines is 1. The van der Waals surface area contributed by atoms with Crippen molar-refractivity contribution in [2.24, 2.45) is 0 Å². The van der Waals surface area contributed by atoms with Gasteiger partial charge in [-0.05, 0) is 31.2 Å². The Kier molecular flexibility index (Phi) is 4.43. The van der Waals surface area contributed by atoms with Crippen molar-refractivity contribution in [1.82, 2.24) is 9.55 Å². The lowest BCUT2D eigenvalue weighted by Gasteiger charge is -2.30. The minimum atomic E-state index is -0.461. The van der Waals surface area contributed by atoms with Crippen molar-refractivity contribution in [2.75, 3.05) is 26.6 Å². The summed E-state index contributed by atoms with van der Waals surface area (Å²) in [5.74, 6) is 1.54. The van der Waals surface area contributed by atoms with E-state index < -0.39 is 12.0 Å². The lowest BCUT2D eigenvalue weighted by atomic mass is 9.94. The largest absolute Gasteiger partial charge is 0.497 e. The molecule has 2 heterocycles. The molecule has 4 rings (SSSR count). The second-order valence-corrected chi connectivity index (χ2v) is 6.46. The Bertz CT molecular complexity index is 1100. The first-order valence-electron chi connectivity index (χ1n) is 8.84. The van der Waals surface area contributed by atoms with Gasteiger partial charge in [-0.1, -0.05) is 12.1 Å². The van der Waals surface area contributed by atoms with E-state index in [1.54, 1.807) is 20.3 Å². The Labute approximate surface area is 162 Å². The first-order valence-corrected chi connectivity index (χ1v) is 8.84. The van der Waals surface area contributed by atoms with Crippen LogP contribution < -0.4 is 14.8 Å². The first kappa shape index (κ1) is 17.9. The van der Waals surface area contributed by atoms with Crippen LogP contribution in [0.4, 0.5) is 5.95 Å². The number of aromatic nitrogens is 2. The second-order valence-electron chi connectivity index (χ2n) is 6.46. The number of nitrogens with zero attached hydrogens (tertiary/aromatic N) is 2. The fraction of sp³-hybridized carbons (Fsp3) is 0.238. The molecule has 0 aliphatic carbocycles. The molecule has 1 aliphatic heterocycles. The maximum Gasteiger partial charge on any atom is 0.337 e. The maximum absolute atomic E-state index is 12.7. The Balaban J connectivity index is 2.03. The molecule has 2 aromatic carbocycles. The quantitative estimate of drug-likeness (QED) is 0.699. The van der Waals surface area contributed by atoms with Gasteiger partial charge in [-0.2, -0.15) is 0 Å². The predicted molar refractivity (Wildman–Crippen MR) is 106 cm³/mol. The third-order valence-corrected chi connectivity index (χ3v) is 4.97. The number of carbonyl (C=O) groups is 1. The standard InChI is InChI=1S/C21H21N3O4/c1-12-18(20(25)28-4)19(14-10-9-13(26-2)11-17(14)27-3)24-16-8-6-5-7-15(16)23-21(24)22-12/h5-11,19H,1-4H3,(H,22,23). The van der Waals surface area contributed by atoms with E-state index in [-0.39, 0.29) is 0 Å². The van der Waals surface area contributed by atoms with E-state index in [0.717, 1.165) is 16.6 Å². The van der Waals surface area contributed by atoms with E-state index in [1.807, 2.05) is 47.9 Å². The van der Waals surface area contributed by atoms with Gasteiger partial charge in [0.05, 0.1) is 44.0 Å².